The molecule has 2 aromatic heterocycles. The molecule has 6 aromatic rings. The van der Waals surface area contributed by atoms with Gasteiger partial charge in [-0.2, -0.15) is 0 Å². The van der Waals surface area contributed by atoms with E-state index in [2.05, 4.69) is 31.2 Å². The molecule has 0 aliphatic carbocycles. The fourth-order valence-electron chi connectivity index (χ4n) is 10.9. The van der Waals surface area contributed by atoms with Crippen molar-refractivity contribution in [3.63, 3.8) is 0 Å². The summed E-state index contributed by atoms with van der Waals surface area (Å²) in [7, 11) is 1.48. The standard InChI is InChI=1S/C67H77ClN12O17/c1-39(2)59(76-65(91)95-30-29-94-28-27-79-56(83)21-22-57(79)84)53(82)32-42(9-8-23-71-64(70)90)61(86)73-45-17-13-40(14-18-45)38-96-66(92)77(3)25-26-78(24-7-6-12-49(69)63(88)89)67(93)97-54-34-52-58(48-11-5-4-10-47(48)54)44(35-68)37-80(52)62(87)50-31-43-33-55(72-36-51(43)74-50)75-60(85)41-15-19-46(81)20-16-41/h4-5,10-11,13-22,31,33-34,36,39,42,44,49,59,74,81H,6-9,12,23-30,32,35,37-38,69H2,1-3H3,(H,73,86)(H,76,91)(H,88,89)(H3,70,71,90)(H,72,75,85)/t42-,44-,49+,59+/m1/s1. The number of carboxylic acids is 1. The number of carbonyl (C=O) groups is 11. The van der Waals surface area contributed by atoms with Gasteiger partial charge >= 0.3 is 30.3 Å². The molecular weight excluding hydrogens is 1280 g/mol. The van der Waals surface area contributed by atoms with E-state index >= 15 is 0 Å². The summed E-state index contributed by atoms with van der Waals surface area (Å²) in [5.41, 5.74) is 14.1. The van der Waals surface area contributed by atoms with Crippen molar-refractivity contribution in [1.29, 1.82) is 0 Å². The van der Waals surface area contributed by atoms with Crippen molar-refractivity contribution in [2.45, 2.75) is 77.0 Å². The Hall–Kier alpha value is -10.7. The fourth-order valence-corrected chi connectivity index (χ4v) is 11.2. The number of alkyl carbamates (subject to hydrolysis) is 1. The lowest BCUT2D eigenvalue weighted by Crippen LogP contribution is -2.46. The van der Waals surface area contributed by atoms with Gasteiger partial charge in [0.15, 0.2) is 5.78 Å². The molecule has 8 rings (SSSR count). The number of anilines is 3. The number of amides is 10. The second kappa shape index (κ2) is 34.1. The van der Waals surface area contributed by atoms with Crippen LogP contribution >= 0.6 is 11.6 Å². The molecule has 97 heavy (non-hydrogen) atoms. The number of rotatable bonds is 33. The van der Waals surface area contributed by atoms with Crippen LogP contribution in [0.25, 0.3) is 21.7 Å². The van der Waals surface area contributed by atoms with Crippen LogP contribution in [0.5, 0.6) is 11.5 Å². The lowest BCUT2D eigenvalue weighted by molar-refractivity contribution is -0.139. The second-order valence-electron chi connectivity index (χ2n) is 23.5. The van der Waals surface area contributed by atoms with Crippen molar-refractivity contribution in [3.8, 4) is 11.5 Å². The SMILES string of the molecule is CC(C)[C@H](NC(=O)OCCOCCN1C(=O)C=CC1=O)C(=O)C[C@@H](CCCNC(N)=O)C(=O)Nc1ccc(COC(=O)N(C)CCN(CCCC[C@H](N)C(=O)O)C(=O)Oc2cc3c(c4ccccc24)[C@H](CCl)CN3C(=O)c2cc3cc(NC(=O)c4ccc(O)cc4)ncc3[nH]2)cc1. The number of alkyl halides is 1. The number of hydrogen-bond donors (Lipinski definition) is 9. The zero-order valence-electron chi connectivity index (χ0n) is 53.6. The number of aromatic amines is 1. The molecule has 0 saturated carbocycles. The molecule has 0 radical (unpaired) electrons. The first-order valence-corrected chi connectivity index (χ1v) is 31.9. The van der Waals surface area contributed by atoms with E-state index in [-0.39, 0.29) is 126 Å². The second-order valence-corrected chi connectivity index (χ2v) is 23.8. The Kier molecular flexibility index (Phi) is 25.4. The van der Waals surface area contributed by atoms with E-state index in [1.54, 1.807) is 73.3 Å². The van der Waals surface area contributed by atoms with Crippen molar-refractivity contribution in [1.82, 2.24) is 35.3 Å². The maximum Gasteiger partial charge on any atom is 0.415 e. The number of benzene rings is 4. The van der Waals surface area contributed by atoms with Crippen LogP contribution in [0.2, 0.25) is 0 Å². The summed E-state index contributed by atoms with van der Waals surface area (Å²) in [5, 5.41) is 31.5. The van der Waals surface area contributed by atoms with E-state index in [0.29, 0.717) is 57.0 Å². The Morgan fingerprint density at radius 2 is 1.55 bits per heavy atom. The van der Waals surface area contributed by atoms with Crippen LogP contribution < -0.4 is 42.4 Å². The highest BCUT2D eigenvalue weighted by Gasteiger charge is 2.37. The number of halogens is 1. The van der Waals surface area contributed by atoms with Crippen LogP contribution in [0.15, 0.2) is 109 Å². The lowest BCUT2D eigenvalue weighted by atomic mass is 9.89. The van der Waals surface area contributed by atoms with Crippen molar-refractivity contribution in [2.24, 2.45) is 23.3 Å². The number of fused-ring (bicyclic) bond motifs is 4. The summed E-state index contributed by atoms with van der Waals surface area (Å²) in [6, 6.07) is 21.3. The predicted octanol–water partition coefficient (Wildman–Crippen LogP) is 6.96. The first kappa shape index (κ1) is 72.2. The third kappa shape index (κ3) is 19.7. The monoisotopic (exact) mass is 1360 g/mol. The van der Waals surface area contributed by atoms with Crippen LogP contribution in [-0.4, -0.2) is 185 Å². The number of aliphatic carboxylic acids is 1. The average molecular weight is 1360 g/mol. The number of ether oxygens (including phenoxy) is 4. The first-order chi connectivity index (χ1) is 46.5. The summed E-state index contributed by atoms with van der Waals surface area (Å²) < 4.78 is 22.4. The van der Waals surface area contributed by atoms with Crippen LogP contribution in [0.4, 0.5) is 36.4 Å². The minimum atomic E-state index is -1.17. The molecule has 11 N–H and O–H groups in total. The molecule has 0 spiro atoms. The van der Waals surface area contributed by atoms with E-state index in [1.807, 2.05) is 12.1 Å². The molecule has 0 saturated heterocycles. The van der Waals surface area contributed by atoms with E-state index in [1.165, 1.54) is 47.3 Å². The minimum absolute atomic E-state index is 0.00648. The van der Waals surface area contributed by atoms with Gasteiger partial charge in [0.25, 0.3) is 23.6 Å². The number of primary amides is 1. The molecule has 4 aromatic carbocycles. The Morgan fingerprint density at radius 3 is 2.24 bits per heavy atom. The highest BCUT2D eigenvalue weighted by Crippen LogP contribution is 2.46. The fraction of sp³-hybridized carbons (Fsp3) is 0.373. The van der Waals surface area contributed by atoms with E-state index in [9.17, 15) is 63.0 Å². The summed E-state index contributed by atoms with van der Waals surface area (Å²) in [4.78, 5) is 155. The number of phenolic OH excluding ortho intramolecular Hbond substituents is 1. The molecule has 0 bridgehead atoms. The molecular formula is C67H77ClN12O17. The van der Waals surface area contributed by atoms with E-state index in [0.717, 1.165) is 22.6 Å². The highest BCUT2D eigenvalue weighted by atomic mass is 35.5. The van der Waals surface area contributed by atoms with Gasteiger partial charge in [0.05, 0.1) is 43.2 Å². The smallest absolute Gasteiger partial charge is 0.415 e. The number of Topliss-reactive ketones (excluding diaryl/α,β-unsaturated/α-hetero) is 1. The number of aromatic nitrogens is 2. The van der Waals surface area contributed by atoms with Gasteiger partial charge in [-0.25, -0.2) is 24.2 Å². The van der Waals surface area contributed by atoms with Crippen molar-refractivity contribution in [2.75, 3.05) is 87.6 Å². The van der Waals surface area contributed by atoms with Crippen LogP contribution in [0, 0.1) is 11.8 Å². The van der Waals surface area contributed by atoms with Gasteiger partial charge in [-0.3, -0.25) is 38.5 Å². The Bertz CT molecular complexity index is 3900. The lowest BCUT2D eigenvalue weighted by Gasteiger charge is -2.26. The number of H-pyrrole nitrogens is 1. The van der Waals surface area contributed by atoms with Gasteiger partial charge in [-0.1, -0.05) is 50.2 Å². The summed E-state index contributed by atoms with van der Waals surface area (Å²) in [5.74, 6) is -5.10. The molecule has 0 unspecified atom stereocenters. The molecule has 2 aliphatic rings. The number of urea groups is 1. The number of nitrogens with two attached hydrogens (primary N) is 2. The quantitative estimate of drug-likeness (QED) is 0.0114. The number of carbonyl (C=O) groups excluding carboxylic acids is 10. The number of aromatic hydroxyl groups is 1. The third-order valence-electron chi connectivity index (χ3n) is 16.2. The van der Waals surface area contributed by atoms with Crippen molar-refractivity contribution >= 4 is 116 Å². The number of likely N-dealkylation sites (N-methyl/N-ethyl adjacent to an activating group) is 1. The first-order valence-electron chi connectivity index (χ1n) is 31.3. The largest absolute Gasteiger partial charge is 0.508 e. The normalized spacial score (nSPS) is 14.2. The van der Waals surface area contributed by atoms with E-state index < -0.39 is 89.5 Å². The molecule has 2 aliphatic heterocycles. The number of hydrogen-bond acceptors (Lipinski definition) is 18. The zero-order chi connectivity index (χ0) is 69.9. The zero-order valence-corrected chi connectivity index (χ0v) is 54.3. The number of pyridine rings is 1. The third-order valence-corrected chi connectivity index (χ3v) is 16.6. The van der Waals surface area contributed by atoms with Crippen LogP contribution in [-0.2, 0) is 44.8 Å². The topological polar surface area (TPSA) is 407 Å². The Morgan fingerprint density at radius 1 is 0.825 bits per heavy atom. The van der Waals surface area contributed by atoms with Gasteiger partial charge in [0.1, 0.15) is 42.3 Å². The Labute approximate surface area is 562 Å². The molecule has 0 fully saturated rings. The van der Waals surface area contributed by atoms with Crippen LogP contribution in [0.1, 0.15) is 90.3 Å². The van der Waals surface area contributed by atoms with Gasteiger partial charge in [-0.15, -0.1) is 11.6 Å². The van der Waals surface area contributed by atoms with E-state index in [4.69, 9.17) is 42.0 Å². The molecule has 29 nitrogen and oxygen atoms in total. The van der Waals surface area contributed by atoms with Crippen LogP contribution in [0.3, 0.4) is 0 Å². The number of nitrogens with zero attached hydrogens (tertiary/aromatic N) is 5. The minimum Gasteiger partial charge on any atom is -0.508 e. The number of nitrogens with one attached hydrogen (secondary N) is 5. The summed E-state index contributed by atoms with van der Waals surface area (Å²) in [6.07, 6.45) is 2.23. The Balaban J connectivity index is 0.876. The number of imide groups is 1. The molecule has 514 valence electrons. The van der Waals surface area contributed by atoms with Crippen molar-refractivity contribution < 1.29 is 81.9 Å². The molecule has 4 heterocycles. The number of carboxylic acid groups (broad SMARTS) is 1. The maximum atomic E-state index is 14.6. The predicted molar refractivity (Wildman–Crippen MR) is 356 cm³/mol. The average Bonchev–Trinajstić information content (AvgIpc) is 1.61. The summed E-state index contributed by atoms with van der Waals surface area (Å²) >= 11 is 6.61. The van der Waals surface area contributed by atoms with Gasteiger partial charge in [0.2, 0.25) is 5.91 Å². The highest BCUT2D eigenvalue weighted by molar-refractivity contribution is 6.19. The maximum absolute atomic E-state index is 14.6. The molecule has 10 amide bonds. The molecule has 30 heteroatoms. The van der Waals surface area contributed by atoms with Gasteiger partial charge < -0.3 is 81.6 Å². The van der Waals surface area contributed by atoms with Gasteiger partial charge in [0, 0.05) is 104 Å². The van der Waals surface area contributed by atoms with Gasteiger partial charge in [-0.05, 0) is 103 Å². The molecule has 4 atom stereocenters. The number of phenols is 1. The van der Waals surface area contributed by atoms with Crippen molar-refractivity contribution in [3.05, 3.63) is 132 Å². The summed E-state index contributed by atoms with van der Waals surface area (Å²) in [6.45, 7) is 3.26. The number of unbranched alkanes of at least 4 members (excludes halogenated alkanes) is 1. The number of ketones is 1.